The van der Waals surface area contributed by atoms with Crippen LogP contribution in [0.1, 0.15) is 104 Å². The number of amides is 2. The highest BCUT2D eigenvalue weighted by molar-refractivity contribution is 7.09. The summed E-state index contributed by atoms with van der Waals surface area (Å²) in [5.74, 6) is -1.10. The first kappa shape index (κ1) is 29.5. The Bertz CT molecular complexity index is 1370. The van der Waals surface area contributed by atoms with Crippen molar-refractivity contribution in [3.63, 3.8) is 0 Å². The van der Waals surface area contributed by atoms with E-state index in [1.165, 1.54) is 0 Å². The Balaban J connectivity index is 1.24. The van der Waals surface area contributed by atoms with Crippen LogP contribution in [0.5, 0.6) is 0 Å². The Kier molecular flexibility index (Phi) is 9.61. The second-order valence-corrected chi connectivity index (χ2v) is 14.7. The van der Waals surface area contributed by atoms with E-state index in [4.69, 9.17) is 9.73 Å². The third-order valence-electron chi connectivity index (χ3n) is 9.79. The minimum atomic E-state index is -0.896. The smallest absolute Gasteiger partial charge is 0.288 e. The van der Waals surface area contributed by atoms with E-state index in [1.54, 1.807) is 16.2 Å². The van der Waals surface area contributed by atoms with Gasteiger partial charge in [-0.05, 0) is 56.0 Å². The highest BCUT2D eigenvalue weighted by Gasteiger charge is 2.45. The second kappa shape index (κ2) is 14.7. The number of carbonyl (C=O) groups is 2. The van der Waals surface area contributed by atoms with Crippen LogP contribution >= 0.6 is 11.3 Å². The van der Waals surface area contributed by atoms with E-state index in [0.717, 1.165) is 61.8 Å². The summed E-state index contributed by atoms with van der Waals surface area (Å²) in [4.78, 5) is 38.4. The first-order valence-electron chi connectivity index (χ1n) is 18.0. The molecule has 0 spiro atoms. The minimum absolute atomic E-state index is 0.174. The van der Waals surface area contributed by atoms with Crippen LogP contribution in [0.15, 0.2) is 52.8 Å². The van der Waals surface area contributed by atoms with Crippen molar-refractivity contribution in [2.75, 3.05) is 19.6 Å². The summed E-state index contributed by atoms with van der Waals surface area (Å²) < 4.78 is 25.0. The van der Waals surface area contributed by atoms with Gasteiger partial charge in [0.2, 0.25) is 11.8 Å². The summed E-state index contributed by atoms with van der Waals surface area (Å²) >= 11 is 1.58. The van der Waals surface area contributed by atoms with Crippen LogP contribution in [0.4, 0.5) is 0 Å². The number of benzene rings is 1. The van der Waals surface area contributed by atoms with Crippen molar-refractivity contribution in [2.24, 2.45) is 10.9 Å². The number of ether oxygens (including phenoxy) is 1. The zero-order chi connectivity index (χ0) is 33.1. The molecule has 244 valence electrons. The number of carbonyl (C=O) groups excluding carboxylic acids is 2. The molecule has 1 aromatic carbocycles. The quantitative estimate of drug-likeness (QED) is 0.351. The predicted octanol–water partition coefficient (Wildman–Crippen LogP) is 6.04. The number of rotatable bonds is 9. The Morgan fingerprint density at radius 1 is 1.02 bits per heavy atom. The van der Waals surface area contributed by atoms with Crippen LogP contribution in [0.3, 0.4) is 0 Å². The highest BCUT2D eigenvalue weighted by atomic mass is 32.1. The maximum Gasteiger partial charge on any atom is 0.288 e. The molecule has 1 aromatic heterocycles. The number of amidine groups is 1. The Morgan fingerprint density at radius 3 is 2.47 bits per heavy atom. The number of thiophene rings is 1. The van der Waals surface area contributed by atoms with Gasteiger partial charge in [0.05, 0.1) is 19.1 Å². The Morgan fingerprint density at radius 2 is 1.76 bits per heavy atom. The fraction of sp³-hybridized carbons (Fsp3) is 0.639. The van der Waals surface area contributed by atoms with Gasteiger partial charge in [-0.3, -0.25) is 9.59 Å². The van der Waals surface area contributed by atoms with Crippen molar-refractivity contribution in [2.45, 2.75) is 121 Å². The largest absolute Gasteiger partial charge is 0.454 e. The third kappa shape index (κ3) is 7.91. The average Bonchev–Trinajstić information content (AvgIpc) is 3.70. The maximum absolute atomic E-state index is 14.7. The monoisotopic (exact) mass is 635 g/mol. The van der Waals surface area contributed by atoms with Crippen LogP contribution in [-0.2, 0) is 20.9 Å². The molecule has 8 nitrogen and oxygen atoms in total. The number of nitrogens with one attached hydrogen (secondary N) is 2. The van der Waals surface area contributed by atoms with Gasteiger partial charge in [-0.1, -0.05) is 87.8 Å². The molecule has 2 aromatic rings. The van der Waals surface area contributed by atoms with Gasteiger partial charge in [0.15, 0.2) is 6.10 Å². The first-order chi connectivity index (χ1) is 22.5. The molecule has 45 heavy (non-hydrogen) atoms. The number of nitrogens with zero attached hydrogens (tertiary/aromatic N) is 3. The van der Waals surface area contributed by atoms with Gasteiger partial charge in [-0.25, -0.2) is 4.99 Å². The van der Waals surface area contributed by atoms with E-state index in [-0.39, 0.29) is 24.5 Å². The molecular formula is C36H51N5O3S. The molecule has 3 fully saturated rings. The average molecular weight is 636 g/mol. The molecule has 6 rings (SSSR count). The molecule has 9 heteroatoms. The molecule has 0 radical (unpaired) electrons. The molecule has 3 atom stereocenters. The van der Waals surface area contributed by atoms with Crippen molar-refractivity contribution in [3.05, 3.63) is 58.3 Å². The Hall–Kier alpha value is -2.91. The third-order valence-corrected chi connectivity index (χ3v) is 10.7. The molecule has 1 unspecified atom stereocenters. The first-order valence-corrected chi connectivity index (χ1v) is 17.9. The molecule has 2 saturated carbocycles. The summed E-state index contributed by atoms with van der Waals surface area (Å²) in [6.07, 6.45) is 9.13. The standard InChI is InChI=1S/C36H51N5O3S/c1-36(2)32(27-15-8-4-9-16-27)44-35(39-36)40-20-21-41(31(25-40)33(42)37-24-29-19-12-22-45-29)34(43)30(23-26-13-6-3-7-14-26)38-28-17-10-5-11-18-28/h4,8-9,12,15-16,19,22,26,28,30-32,38H,3,5-7,10-11,13-14,17-18,20-21,23-25H2,1-2H3,(H,37,42)/t30-,31-,32?/m0/s1/i26D,28D. The molecular weight excluding hydrogens is 582 g/mol. The maximum atomic E-state index is 14.7. The lowest BCUT2D eigenvalue weighted by atomic mass is 9.83. The molecule has 4 aliphatic rings. The van der Waals surface area contributed by atoms with Crippen molar-refractivity contribution in [1.82, 2.24) is 20.4 Å². The summed E-state index contributed by atoms with van der Waals surface area (Å²) in [5.41, 5.74) is 0.545. The van der Waals surface area contributed by atoms with Gasteiger partial charge in [0.25, 0.3) is 6.02 Å². The van der Waals surface area contributed by atoms with Gasteiger partial charge >= 0.3 is 0 Å². The number of hydrogen-bond donors (Lipinski definition) is 2. The molecule has 2 aliphatic carbocycles. The van der Waals surface area contributed by atoms with Crippen LogP contribution in [0, 0.1) is 5.89 Å². The minimum Gasteiger partial charge on any atom is -0.454 e. The zero-order valence-electron chi connectivity index (χ0n) is 28.9. The summed E-state index contributed by atoms with van der Waals surface area (Å²) in [6.45, 7) is 5.56. The van der Waals surface area contributed by atoms with Crippen LogP contribution in [0.2, 0.25) is 0 Å². The van der Waals surface area contributed by atoms with Gasteiger partial charge in [-0.2, -0.15) is 0 Å². The van der Waals surface area contributed by atoms with E-state index in [0.29, 0.717) is 44.9 Å². The second-order valence-electron chi connectivity index (χ2n) is 13.6. The summed E-state index contributed by atoms with van der Waals surface area (Å²) in [6, 6.07) is 12.2. The van der Waals surface area contributed by atoms with Gasteiger partial charge in [0, 0.05) is 26.7 Å². The molecule has 2 aliphatic heterocycles. The van der Waals surface area contributed by atoms with E-state index >= 15 is 0 Å². The lowest BCUT2D eigenvalue weighted by molar-refractivity contribution is -0.145. The molecule has 3 heterocycles. The zero-order valence-corrected chi connectivity index (χ0v) is 27.7. The van der Waals surface area contributed by atoms with E-state index < -0.39 is 29.5 Å². The highest BCUT2D eigenvalue weighted by Crippen LogP contribution is 2.38. The molecule has 1 saturated heterocycles. The van der Waals surface area contributed by atoms with Gasteiger partial charge in [0.1, 0.15) is 11.6 Å². The topological polar surface area (TPSA) is 86.3 Å². The summed E-state index contributed by atoms with van der Waals surface area (Å²) in [5, 5.41) is 8.56. The van der Waals surface area contributed by atoms with Crippen LogP contribution < -0.4 is 10.6 Å². The molecule has 2 N–H and O–H groups in total. The van der Waals surface area contributed by atoms with Crippen molar-refractivity contribution >= 4 is 29.2 Å². The van der Waals surface area contributed by atoms with Crippen molar-refractivity contribution in [3.8, 4) is 0 Å². The SMILES string of the molecule is [2H]C1(C[C@H](NC2([2H])CCCCC2)C(=O)N2CCN(C3=NC(C)(C)C(c4ccccc4)O3)C[C@H]2C(=O)NCc2cccs2)CCCCC1. The van der Waals surface area contributed by atoms with Crippen molar-refractivity contribution in [1.29, 1.82) is 0 Å². The van der Waals surface area contributed by atoms with E-state index in [9.17, 15) is 12.3 Å². The fourth-order valence-corrected chi connectivity index (χ4v) is 7.94. The number of piperazine rings is 1. The van der Waals surface area contributed by atoms with Crippen LogP contribution in [0.25, 0.3) is 0 Å². The van der Waals surface area contributed by atoms with Gasteiger partial charge < -0.3 is 25.2 Å². The normalized spacial score (nSPS) is 27.0. The lowest BCUT2D eigenvalue weighted by Gasteiger charge is -2.43. The van der Waals surface area contributed by atoms with E-state index in [2.05, 4.69) is 24.5 Å². The molecule has 2 amide bonds. The fourth-order valence-electron chi connectivity index (χ4n) is 7.29. The van der Waals surface area contributed by atoms with Crippen LogP contribution in [-0.4, -0.2) is 70.9 Å². The number of hydrogen-bond acceptors (Lipinski definition) is 7. The predicted molar refractivity (Wildman–Crippen MR) is 180 cm³/mol. The van der Waals surface area contributed by atoms with Gasteiger partial charge in [-0.15, -0.1) is 11.3 Å². The lowest BCUT2D eigenvalue weighted by Crippen LogP contribution is -2.64. The van der Waals surface area contributed by atoms with E-state index in [1.807, 2.05) is 52.7 Å². The van der Waals surface area contributed by atoms with Crippen molar-refractivity contribution < 1.29 is 17.1 Å². The summed E-state index contributed by atoms with van der Waals surface area (Å²) in [7, 11) is 0. The number of aliphatic imine (C=N–C) groups is 1. The molecule has 0 bridgehead atoms. The Labute approximate surface area is 275 Å².